The second kappa shape index (κ2) is 5.46. The molecule has 2 aromatic heterocycles. The summed E-state index contributed by atoms with van der Waals surface area (Å²) in [7, 11) is 3.77. The van der Waals surface area contributed by atoms with Gasteiger partial charge in [0.2, 0.25) is 0 Å². The van der Waals surface area contributed by atoms with Crippen molar-refractivity contribution in [2.75, 3.05) is 0 Å². The monoisotopic (exact) mass is 326 g/mol. The number of halogens is 1. The first kappa shape index (κ1) is 14.3. The van der Waals surface area contributed by atoms with E-state index in [1.165, 1.54) is 0 Å². The molecule has 1 atom stereocenters. The molecule has 0 aliphatic rings. The summed E-state index contributed by atoms with van der Waals surface area (Å²) in [6.07, 6.45) is 2.67. The van der Waals surface area contributed by atoms with Gasteiger partial charge in [-0.3, -0.25) is 9.36 Å². The lowest BCUT2D eigenvalue weighted by Crippen LogP contribution is -2.08. The zero-order chi connectivity index (χ0) is 14.2. The second-order valence-corrected chi connectivity index (χ2v) is 5.54. The number of aliphatic hydroxyl groups excluding tert-OH is 1. The van der Waals surface area contributed by atoms with Gasteiger partial charge < -0.3 is 5.11 Å². The van der Waals surface area contributed by atoms with Crippen molar-refractivity contribution < 1.29 is 5.11 Å². The van der Waals surface area contributed by atoms with Crippen molar-refractivity contribution >= 4 is 15.9 Å². The first-order chi connectivity index (χ1) is 8.93. The highest BCUT2D eigenvalue weighted by Gasteiger charge is 2.20. The molecule has 2 aromatic rings. The lowest BCUT2D eigenvalue weighted by atomic mass is 10.0. The first-order valence-corrected chi connectivity index (χ1v) is 7.11. The maximum atomic E-state index is 10.4. The van der Waals surface area contributed by atoms with E-state index in [9.17, 15) is 5.11 Å². The molecule has 1 N–H and O–H groups in total. The number of aryl methyl sites for hydroxylation is 4. The number of nitrogens with zero attached hydrogens (tertiary/aromatic N) is 4. The Hall–Kier alpha value is -1.14. The van der Waals surface area contributed by atoms with Gasteiger partial charge in [0, 0.05) is 32.3 Å². The van der Waals surface area contributed by atoms with E-state index in [0.29, 0.717) is 6.42 Å². The smallest absolute Gasteiger partial charge is 0.0878 e. The Kier molecular flexibility index (Phi) is 4.10. The summed E-state index contributed by atoms with van der Waals surface area (Å²) < 4.78 is 4.53. The molecule has 0 amide bonds. The fourth-order valence-electron chi connectivity index (χ4n) is 2.30. The molecule has 0 aromatic carbocycles. The number of aromatic nitrogens is 4. The second-order valence-electron chi connectivity index (χ2n) is 4.75. The first-order valence-electron chi connectivity index (χ1n) is 6.32. The highest BCUT2D eigenvalue weighted by atomic mass is 79.9. The number of hydrogen-bond donors (Lipinski definition) is 1. The van der Waals surface area contributed by atoms with Crippen LogP contribution in [-0.4, -0.2) is 24.7 Å². The van der Waals surface area contributed by atoms with E-state index in [0.717, 1.165) is 33.5 Å². The van der Waals surface area contributed by atoms with Crippen LogP contribution >= 0.6 is 15.9 Å². The van der Waals surface area contributed by atoms with E-state index >= 15 is 0 Å². The maximum Gasteiger partial charge on any atom is 0.0878 e. The highest BCUT2D eigenvalue weighted by molar-refractivity contribution is 9.10. The van der Waals surface area contributed by atoms with Crippen LogP contribution in [0.1, 0.15) is 35.7 Å². The average molecular weight is 327 g/mol. The number of hydrogen-bond acceptors (Lipinski definition) is 3. The van der Waals surface area contributed by atoms with E-state index in [2.05, 4.69) is 26.1 Å². The molecule has 2 rings (SSSR count). The lowest BCUT2D eigenvalue weighted by Gasteiger charge is -2.11. The molecule has 104 valence electrons. The summed E-state index contributed by atoms with van der Waals surface area (Å²) in [6, 6.07) is 0. The molecule has 1 unspecified atom stereocenters. The quantitative estimate of drug-likeness (QED) is 0.935. The summed E-state index contributed by atoms with van der Waals surface area (Å²) in [5, 5.41) is 19.1. The molecule has 0 fully saturated rings. The van der Waals surface area contributed by atoms with Crippen LogP contribution in [0.2, 0.25) is 0 Å². The van der Waals surface area contributed by atoms with Crippen molar-refractivity contribution in [1.82, 2.24) is 19.6 Å². The normalized spacial score (nSPS) is 12.9. The molecule has 5 nitrogen and oxygen atoms in total. The summed E-state index contributed by atoms with van der Waals surface area (Å²) in [5.74, 6) is 0. The van der Waals surface area contributed by atoms with Crippen LogP contribution in [0, 0.1) is 6.92 Å². The van der Waals surface area contributed by atoms with Crippen molar-refractivity contribution in [2.45, 2.75) is 32.8 Å². The van der Waals surface area contributed by atoms with E-state index in [4.69, 9.17) is 0 Å². The molecule has 19 heavy (non-hydrogen) atoms. The van der Waals surface area contributed by atoms with Crippen LogP contribution < -0.4 is 0 Å². The van der Waals surface area contributed by atoms with E-state index in [-0.39, 0.29) is 0 Å². The summed E-state index contributed by atoms with van der Waals surface area (Å²) in [5.41, 5.74) is 3.78. The third-order valence-electron chi connectivity index (χ3n) is 3.28. The van der Waals surface area contributed by atoms with Crippen molar-refractivity contribution in [1.29, 1.82) is 0 Å². The summed E-state index contributed by atoms with van der Waals surface area (Å²) >= 11 is 3.53. The number of rotatable bonds is 4. The maximum absolute atomic E-state index is 10.4. The largest absolute Gasteiger partial charge is 0.388 e. The van der Waals surface area contributed by atoms with Gasteiger partial charge in [-0.25, -0.2) is 0 Å². The predicted molar refractivity (Wildman–Crippen MR) is 76.9 cm³/mol. The van der Waals surface area contributed by atoms with Crippen molar-refractivity contribution in [3.05, 3.63) is 33.3 Å². The molecule has 0 spiro atoms. The zero-order valence-electron chi connectivity index (χ0n) is 11.7. The molecule has 0 bridgehead atoms. The van der Waals surface area contributed by atoms with Gasteiger partial charge in [0.25, 0.3) is 0 Å². The van der Waals surface area contributed by atoms with Gasteiger partial charge in [0.1, 0.15) is 0 Å². The van der Waals surface area contributed by atoms with Gasteiger partial charge in [0.15, 0.2) is 0 Å². The van der Waals surface area contributed by atoms with Gasteiger partial charge in [-0.15, -0.1) is 0 Å². The SMILES string of the molecule is CCc1nn(C)cc1C(O)Cc1c(Br)c(C)nn1C. The molecular formula is C13H19BrN4O. The molecule has 0 aliphatic carbocycles. The summed E-state index contributed by atoms with van der Waals surface area (Å²) in [6.45, 7) is 3.99. The minimum Gasteiger partial charge on any atom is -0.388 e. The molecule has 2 heterocycles. The van der Waals surface area contributed by atoms with Crippen molar-refractivity contribution in [2.24, 2.45) is 14.1 Å². The fourth-order valence-corrected chi connectivity index (χ4v) is 2.80. The third-order valence-corrected chi connectivity index (χ3v) is 4.31. The third kappa shape index (κ3) is 2.74. The van der Waals surface area contributed by atoms with Crippen LogP contribution in [0.3, 0.4) is 0 Å². The van der Waals surface area contributed by atoms with E-state index in [1.54, 1.807) is 4.68 Å². The number of aliphatic hydroxyl groups is 1. The Labute approximate surface area is 121 Å². The zero-order valence-corrected chi connectivity index (χ0v) is 13.3. The van der Waals surface area contributed by atoms with Crippen molar-refractivity contribution in [3.63, 3.8) is 0 Å². The van der Waals surface area contributed by atoms with Gasteiger partial charge in [-0.1, -0.05) is 6.92 Å². The molecule has 0 saturated carbocycles. The standard InChI is InChI=1S/C13H19BrN4O/c1-5-10-9(7-17(3)16-10)12(19)6-11-13(14)8(2)15-18(11)4/h7,12,19H,5-6H2,1-4H3. The average Bonchev–Trinajstić information content (AvgIpc) is 2.85. The predicted octanol–water partition coefficient (Wildman–Crippen LogP) is 2.06. The van der Waals surface area contributed by atoms with Gasteiger partial charge >= 0.3 is 0 Å². The topological polar surface area (TPSA) is 55.9 Å². The molecule has 0 aliphatic heterocycles. The van der Waals surface area contributed by atoms with Crippen LogP contribution in [0.15, 0.2) is 10.7 Å². The van der Waals surface area contributed by atoms with Gasteiger partial charge in [-0.2, -0.15) is 10.2 Å². The fraction of sp³-hybridized carbons (Fsp3) is 0.538. The van der Waals surface area contributed by atoms with Gasteiger partial charge in [-0.05, 0) is 29.3 Å². The lowest BCUT2D eigenvalue weighted by molar-refractivity contribution is 0.174. The van der Waals surface area contributed by atoms with Crippen LogP contribution in [0.4, 0.5) is 0 Å². The Balaban J connectivity index is 2.27. The van der Waals surface area contributed by atoms with E-state index < -0.39 is 6.10 Å². The Morgan fingerprint density at radius 1 is 1.37 bits per heavy atom. The molecule has 0 saturated heterocycles. The highest BCUT2D eigenvalue weighted by Crippen LogP contribution is 2.27. The molecular weight excluding hydrogens is 308 g/mol. The minimum atomic E-state index is -0.560. The van der Waals surface area contributed by atoms with Gasteiger partial charge in [0.05, 0.1) is 27.7 Å². The van der Waals surface area contributed by atoms with Crippen LogP contribution in [-0.2, 0) is 26.9 Å². The van der Waals surface area contributed by atoms with Crippen LogP contribution in [0.25, 0.3) is 0 Å². The van der Waals surface area contributed by atoms with Crippen LogP contribution in [0.5, 0.6) is 0 Å². The van der Waals surface area contributed by atoms with Crippen molar-refractivity contribution in [3.8, 4) is 0 Å². The van der Waals surface area contributed by atoms with E-state index in [1.807, 2.05) is 38.8 Å². The minimum absolute atomic E-state index is 0.524. The Morgan fingerprint density at radius 3 is 2.58 bits per heavy atom. The molecule has 6 heteroatoms. The summed E-state index contributed by atoms with van der Waals surface area (Å²) in [4.78, 5) is 0. The Morgan fingerprint density at radius 2 is 2.05 bits per heavy atom. The molecule has 0 radical (unpaired) electrons. The Bertz CT molecular complexity index is 588.